The van der Waals surface area contributed by atoms with Crippen LogP contribution in [-0.4, -0.2) is 30.2 Å². The summed E-state index contributed by atoms with van der Waals surface area (Å²) in [6.45, 7) is 2.83. The van der Waals surface area contributed by atoms with Crippen LogP contribution < -0.4 is 10.2 Å². The molecule has 2 aromatic carbocycles. The summed E-state index contributed by atoms with van der Waals surface area (Å²) in [5, 5.41) is 2.19. The average molecular weight is 437 g/mol. The molecule has 1 aliphatic rings. The molecule has 7 heteroatoms. The van der Waals surface area contributed by atoms with Crippen LogP contribution in [0.4, 0.5) is 13.2 Å². The number of ether oxygens (including phenoxy) is 1. The monoisotopic (exact) mass is 436 g/mol. The van der Waals surface area contributed by atoms with Gasteiger partial charge in [0.2, 0.25) is 5.91 Å². The van der Waals surface area contributed by atoms with Crippen molar-refractivity contribution in [1.29, 1.82) is 0 Å². The third kappa shape index (κ3) is 6.35. The summed E-state index contributed by atoms with van der Waals surface area (Å²) in [6.07, 6.45) is 3.90. The summed E-state index contributed by atoms with van der Waals surface area (Å²) in [5.41, 5.74) is 2.47. The highest BCUT2D eigenvalue weighted by molar-refractivity contribution is 5.87. The first-order valence-electron chi connectivity index (χ1n) is 11.2. The standard InChI is InChI=1S/C24H31F3N2O2/c1-2-3-4-5-6-7-8-16-31-19-12-13-20-18(17-19)10-9-11-21(20)23(24(25,26)27)29-15-14-22(30)28-29/h9-13,17,23H,2-8,14-16H2,1H3,(H,28,30)/t23-/m0/s1. The summed E-state index contributed by atoms with van der Waals surface area (Å²) in [7, 11) is 0. The van der Waals surface area contributed by atoms with Crippen molar-refractivity contribution in [3.63, 3.8) is 0 Å². The topological polar surface area (TPSA) is 41.6 Å². The van der Waals surface area contributed by atoms with Crippen molar-refractivity contribution in [3.8, 4) is 5.75 Å². The number of carbonyl (C=O) groups excluding carboxylic acids is 1. The maximum absolute atomic E-state index is 13.9. The van der Waals surface area contributed by atoms with Gasteiger partial charge in [0.1, 0.15) is 5.75 Å². The van der Waals surface area contributed by atoms with E-state index in [0.29, 0.717) is 23.1 Å². The van der Waals surface area contributed by atoms with Gasteiger partial charge in [-0.15, -0.1) is 0 Å². The number of nitrogens with zero attached hydrogens (tertiary/aromatic N) is 1. The molecule has 170 valence electrons. The first-order chi connectivity index (χ1) is 14.9. The summed E-state index contributed by atoms with van der Waals surface area (Å²) >= 11 is 0. The molecule has 0 saturated carbocycles. The highest BCUT2D eigenvalue weighted by Gasteiger charge is 2.47. The van der Waals surface area contributed by atoms with Gasteiger partial charge in [0.25, 0.3) is 0 Å². The molecule has 1 heterocycles. The second-order valence-electron chi connectivity index (χ2n) is 8.12. The molecule has 0 aromatic heterocycles. The van der Waals surface area contributed by atoms with Gasteiger partial charge >= 0.3 is 6.18 Å². The van der Waals surface area contributed by atoms with Crippen molar-refractivity contribution in [1.82, 2.24) is 10.4 Å². The summed E-state index contributed by atoms with van der Waals surface area (Å²) in [4.78, 5) is 11.5. The van der Waals surface area contributed by atoms with Crippen LogP contribution in [0.15, 0.2) is 36.4 Å². The van der Waals surface area contributed by atoms with E-state index in [1.165, 1.54) is 38.2 Å². The van der Waals surface area contributed by atoms with Gasteiger partial charge in [0, 0.05) is 13.0 Å². The number of nitrogens with one attached hydrogen (secondary N) is 1. The van der Waals surface area contributed by atoms with Crippen LogP contribution in [0.2, 0.25) is 0 Å². The lowest BCUT2D eigenvalue weighted by Crippen LogP contribution is -2.43. The van der Waals surface area contributed by atoms with Gasteiger partial charge in [-0.2, -0.15) is 13.2 Å². The Hall–Kier alpha value is -2.28. The Balaban J connectivity index is 1.67. The Kier molecular flexibility index (Phi) is 8.18. The predicted octanol–water partition coefficient (Wildman–Crippen LogP) is 6.31. The molecule has 1 fully saturated rings. The minimum atomic E-state index is -4.52. The van der Waals surface area contributed by atoms with Crippen molar-refractivity contribution in [2.45, 2.75) is 70.5 Å². The van der Waals surface area contributed by atoms with E-state index in [2.05, 4.69) is 12.3 Å². The number of amides is 1. The number of hydrogen-bond acceptors (Lipinski definition) is 3. The molecule has 1 atom stereocenters. The van der Waals surface area contributed by atoms with E-state index in [-0.39, 0.29) is 18.5 Å². The molecular formula is C24H31F3N2O2. The molecule has 0 radical (unpaired) electrons. The van der Waals surface area contributed by atoms with Crippen LogP contribution in [-0.2, 0) is 4.79 Å². The lowest BCUT2D eigenvalue weighted by molar-refractivity contribution is -0.190. The number of hydrazine groups is 1. The zero-order valence-corrected chi connectivity index (χ0v) is 18.0. The van der Waals surface area contributed by atoms with Crippen LogP contribution >= 0.6 is 0 Å². The zero-order chi connectivity index (χ0) is 22.3. The summed E-state index contributed by atoms with van der Waals surface area (Å²) in [6, 6.07) is 8.19. The molecule has 0 spiro atoms. The molecule has 0 bridgehead atoms. The fourth-order valence-electron chi connectivity index (χ4n) is 4.07. The average Bonchev–Trinajstić information content (AvgIpc) is 3.14. The van der Waals surface area contributed by atoms with Crippen LogP contribution in [0, 0.1) is 0 Å². The van der Waals surface area contributed by atoms with Gasteiger partial charge in [-0.05, 0) is 34.9 Å². The van der Waals surface area contributed by atoms with Crippen LogP contribution in [0.25, 0.3) is 10.8 Å². The Morgan fingerprint density at radius 1 is 1.06 bits per heavy atom. The minimum absolute atomic E-state index is 0.0268. The maximum Gasteiger partial charge on any atom is 0.409 e. The number of benzene rings is 2. The number of unbranched alkanes of at least 4 members (excludes halogenated alkanes) is 6. The quantitative estimate of drug-likeness (QED) is 0.420. The van der Waals surface area contributed by atoms with Gasteiger partial charge in [-0.25, -0.2) is 5.01 Å². The van der Waals surface area contributed by atoms with E-state index in [1.54, 1.807) is 30.3 Å². The molecule has 31 heavy (non-hydrogen) atoms. The second-order valence-corrected chi connectivity index (χ2v) is 8.12. The fourth-order valence-corrected chi connectivity index (χ4v) is 4.07. The molecule has 1 amide bonds. The van der Waals surface area contributed by atoms with Gasteiger partial charge < -0.3 is 4.74 Å². The largest absolute Gasteiger partial charge is 0.494 e. The number of carbonyl (C=O) groups is 1. The lowest BCUT2D eigenvalue weighted by Gasteiger charge is -2.30. The highest BCUT2D eigenvalue weighted by Crippen LogP contribution is 2.41. The number of rotatable bonds is 11. The third-order valence-corrected chi connectivity index (χ3v) is 5.67. The van der Waals surface area contributed by atoms with Crippen LogP contribution in [0.5, 0.6) is 5.75 Å². The van der Waals surface area contributed by atoms with Crippen molar-refractivity contribution < 1.29 is 22.7 Å². The van der Waals surface area contributed by atoms with Crippen molar-refractivity contribution in [2.75, 3.05) is 13.2 Å². The van der Waals surface area contributed by atoms with E-state index < -0.39 is 18.1 Å². The van der Waals surface area contributed by atoms with Crippen LogP contribution in [0.1, 0.15) is 69.9 Å². The third-order valence-electron chi connectivity index (χ3n) is 5.67. The first-order valence-corrected chi connectivity index (χ1v) is 11.2. The predicted molar refractivity (Wildman–Crippen MR) is 116 cm³/mol. The summed E-state index contributed by atoms with van der Waals surface area (Å²) in [5.74, 6) is 0.268. The SMILES string of the molecule is CCCCCCCCCOc1ccc2c([C@H](N3CCC(=O)N3)C(F)(F)F)cccc2c1. The van der Waals surface area contributed by atoms with Crippen molar-refractivity contribution in [2.24, 2.45) is 0 Å². The van der Waals surface area contributed by atoms with Gasteiger partial charge in [-0.1, -0.05) is 69.7 Å². The van der Waals surface area contributed by atoms with E-state index >= 15 is 0 Å². The Morgan fingerprint density at radius 2 is 1.81 bits per heavy atom. The van der Waals surface area contributed by atoms with E-state index in [0.717, 1.165) is 17.9 Å². The number of fused-ring (bicyclic) bond motifs is 1. The Bertz CT molecular complexity index is 870. The second kappa shape index (κ2) is 10.8. The molecule has 0 unspecified atom stereocenters. The fraction of sp³-hybridized carbons (Fsp3) is 0.542. The molecule has 1 aliphatic heterocycles. The molecule has 3 rings (SSSR count). The molecule has 1 N–H and O–H groups in total. The van der Waals surface area contributed by atoms with E-state index in [4.69, 9.17) is 4.74 Å². The summed E-state index contributed by atoms with van der Waals surface area (Å²) < 4.78 is 47.6. The van der Waals surface area contributed by atoms with Crippen molar-refractivity contribution >= 4 is 16.7 Å². The maximum atomic E-state index is 13.9. The molecular weight excluding hydrogens is 405 g/mol. The first kappa shape index (κ1) is 23.4. The van der Waals surface area contributed by atoms with Gasteiger partial charge in [0.15, 0.2) is 6.04 Å². The van der Waals surface area contributed by atoms with Crippen LogP contribution in [0.3, 0.4) is 0 Å². The normalized spacial score (nSPS) is 15.9. The molecule has 4 nitrogen and oxygen atoms in total. The van der Waals surface area contributed by atoms with E-state index in [9.17, 15) is 18.0 Å². The Labute approximate surface area is 181 Å². The highest BCUT2D eigenvalue weighted by atomic mass is 19.4. The lowest BCUT2D eigenvalue weighted by atomic mass is 9.97. The molecule has 2 aromatic rings. The number of alkyl halides is 3. The van der Waals surface area contributed by atoms with Gasteiger partial charge in [0.05, 0.1) is 6.61 Å². The van der Waals surface area contributed by atoms with Crippen molar-refractivity contribution in [3.05, 3.63) is 42.0 Å². The minimum Gasteiger partial charge on any atom is -0.494 e. The van der Waals surface area contributed by atoms with E-state index in [1.807, 2.05) is 0 Å². The molecule has 1 saturated heterocycles. The molecule has 0 aliphatic carbocycles. The smallest absolute Gasteiger partial charge is 0.409 e. The Morgan fingerprint density at radius 3 is 2.48 bits per heavy atom. The number of halogens is 3. The van der Waals surface area contributed by atoms with Gasteiger partial charge in [-0.3, -0.25) is 10.2 Å². The number of hydrogen-bond donors (Lipinski definition) is 1. The zero-order valence-electron chi connectivity index (χ0n) is 18.0.